The molecule has 1 amide bonds. The number of benzene rings is 1. The molecule has 6 heteroatoms. The molecule has 0 unspecified atom stereocenters. The second kappa shape index (κ2) is 5.51. The van der Waals surface area contributed by atoms with E-state index in [0.29, 0.717) is 52.1 Å². The Morgan fingerprint density at radius 3 is 2.80 bits per heavy atom. The largest absolute Gasteiger partial charge is 0.397 e. The van der Waals surface area contributed by atoms with Gasteiger partial charge in [-0.25, -0.2) is 9.37 Å². The molecule has 0 saturated carbocycles. The number of carbonyl (C=O) groups is 1. The highest BCUT2D eigenvalue weighted by atomic mass is 19.1. The molecule has 25 heavy (non-hydrogen) atoms. The average Bonchev–Trinajstić information content (AvgIpc) is 2.92. The normalized spacial score (nSPS) is 13.6. The van der Waals surface area contributed by atoms with Crippen molar-refractivity contribution in [2.45, 2.75) is 20.4 Å². The van der Waals surface area contributed by atoms with E-state index in [9.17, 15) is 9.18 Å². The Morgan fingerprint density at radius 2 is 2.08 bits per heavy atom. The molecule has 1 aromatic carbocycles. The molecule has 0 atom stereocenters. The van der Waals surface area contributed by atoms with Crippen molar-refractivity contribution < 1.29 is 9.18 Å². The van der Waals surface area contributed by atoms with Gasteiger partial charge in [-0.1, -0.05) is 0 Å². The summed E-state index contributed by atoms with van der Waals surface area (Å²) < 4.78 is 14.7. The maximum absolute atomic E-state index is 14.7. The Kier molecular flexibility index (Phi) is 3.42. The number of aromatic nitrogens is 2. The summed E-state index contributed by atoms with van der Waals surface area (Å²) in [6.45, 7) is 4.78. The lowest BCUT2D eigenvalue weighted by Crippen LogP contribution is -2.23. The van der Waals surface area contributed by atoms with E-state index in [0.717, 1.165) is 5.56 Å². The summed E-state index contributed by atoms with van der Waals surface area (Å²) in [5.74, 6) is -0.500. The van der Waals surface area contributed by atoms with Crippen LogP contribution in [0.25, 0.3) is 22.0 Å². The van der Waals surface area contributed by atoms with Crippen LogP contribution < -0.4 is 5.73 Å². The fourth-order valence-corrected chi connectivity index (χ4v) is 3.38. The van der Waals surface area contributed by atoms with Gasteiger partial charge in [0.15, 0.2) is 0 Å². The third kappa shape index (κ3) is 2.17. The fraction of sp³-hybridized carbons (Fsp3) is 0.211. The molecule has 0 aliphatic carbocycles. The molecule has 0 bridgehead atoms. The standard InChI is InChI=1S/C19H17FN4O/c1-3-24-9-14-16(19(24)25)17(21)11-4-5-13(20)15(18(11)23-14)12-8-22-7-6-10(12)2/h4-8H,3,9H2,1-2H3,(H2,21,23). The minimum absolute atomic E-state index is 0.118. The summed E-state index contributed by atoms with van der Waals surface area (Å²) in [5.41, 5.74) is 10.1. The summed E-state index contributed by atoms with van der Waals surface area (Å²) in [5, 5.41) is 0.588. The molecule has 0 saturated heterocycles. The summed E-state index contributed by atoms with van der Waals surface area (Å²) >= 11 is 0. The number of rotatable bonds is 2. The SMILES string of the molecule is CCN1Cc2nc3c(-c4cnccc4C)c(F)ccc3c(N)c2C1=O. The lowest BCUT2D eigenvalue weighted by atomic mass is 9.97. The monoisotopic (exact) mass is 336 g/mol. The van der Waals surface area contributed by atoms with Crippen molar-refractivity contribution in [1.29, 1.82) is 0 Å². The van der Waals surface area contributed by atoms with E-state index in [2.05, 4.69) is 9.97 Å². The Bertz CT molecular complexity index is 1030. The molecule has 0 radical (unpaired) electrons. The third-order valence-electron chi connectivity index (χ3n) is 4.75. The second-order valence-electron chi connectivity index (χ2n) is 6.18. The van der Waals surface area contributed by atoms with Gasteiger partial charge in [0.05, 0.1) is 29.0 Å². The zero-order chi connectivity index (χ0) is 17.7. The van der Waals surface area contributed by atoms with Crippen LogP contribution in [0.3, 0.4) is 0 Å². The number of pyridine rings is 2. The number of anilines is 1. The van der Waals surface area contributed by atoms with Gasteiger partial charge in [-0.2, -0.15) is 0 Å². The lowest BCUT2D eigenvalue weighted by molar-refractivity contribution is 0.0787. The summed E-state index contributed by atoms with van der Waals surface area (Å²) in [4.78, 5) is 22.9. The van der Waals surface area contributed by atoms with Gasteiger partial charge < -0.3 is 10.6 Å². The molecule has 0 fully saturated rings. The lowest BCUT2D eigenvalue weighted by Gasteiger charge is -2.13. The number of aryl methyl sites for hydroxylation is 1. The first-order chi connectivity index (χ1) is 12.0. The van der Waals surface area contributed by atoms with Crippen molar-refractivity contribution >= 4 is 22.5 Å². The van der Waals surface area contributed by atoms with Crippen molar-refractivity contribution in [3.05, 3.63) is 53.2 Å². The summed E-state index contributed by atoms with van der Waals surface area (Å²) in [6.07, 6.45) is 3.29. The quantitative estimate of drug-likeness (QED) is 0.779. The maximum atomic E-state index is 14.7. The number of nitrogens with zero attached hydrogens (tertiary/aromatic N) is 3. The highest BCUT2D eigenvalue weighted by Gasteiger charge is 2.32. The number of hydrogen-bond acceptors (Lipinski definition) is 4. The average molecular weight is 336 g/mol. The zero-order valence-electron chi connectivity index (χ0n) is 14.0. The van der Waals surface area contributed by atoms with Crippen LogP contribution in [0.15, 0.2) is 30.6 Å². The molecular formula is C19H17FN4O. The maximum Gasteiger partial charge on any atom is 0.258 e. The van der Waals surface area contributed by atoms with Gasteiger partial charge in [-0.15, -0.1) is 0 Å². The van der Waals surface area contributed by atoms with Crippen LogP contribution in [0.2, 0.25) is 0 Å². The number of nitrogens with two attached hydrogens (primary N) is 1. The van der Waals surface area contributed by atoms with Crippen LogP contribution in [-0.2, 0) is 6.54 Å². The molecule has 5 nitrogen and oxygen atoms in total. The first-order valence-corrected chi connectivity index (χ1v) is 8.13. The van der Waals surface area contributed by atoms with Crippen LogP contribution in [0.5, 0.6) is 0 Å². The topological polar surface area (TPSA) is 72.1 Å². The molecule has 3 aromatic rings. The van der Waals surface area contributed by atoms with Crippen molar-refractivity contribution in [2.75, 3.05) is 12.3 Å². The Hall–Kier alpha value is -3.02. The van der Waals surface area contributed by atoms with Crippen LogP contribution in [-0.4, -0.2) is 27.3 Å². The van der Waals surface area contributed by atoms with Crippen molar-refractivity contribution in [3.63, 3.8) is 0 Å². The first-order valence-electron chi connectivity index (χ1n) is 8.13. The van der Waals surface area contributed by atoms with Crippen LogP contribution in [0, 0.1) is 12.7 Å². The number of fused-ring (bicyclic) bond motifs is 2. The molecule has 1 aliphatic rings. The molecule has 1 aliphatic heterocycles. The number of halogens is 1. The van der Waals surface area contributed by atoms with Crippen LogP contribution in [0.4, 0.5) is 10.1 Å². The van der Waals surface area contributed by atoms with Crippen LogP contribution in [0.1, 0.15) is 28.5 Å². The van der Waals surface area contributed by atoms with Gasteiger partial charge in [0, 0.05) is 35.5 Å². The Balaban J connectivity index is 2.07. The number of amides is 1. The van der Waals surface area contributed by atoms with Gasteiger partial charge in [-0.3, -0.25) is 9.78 Å². The number of hydrogen-bond donors (Lipinski definition) is 1. The second-order valence-corrected chi connectivity index (χ2v) is 6.18. The summed E-state index contributed by atoms with van der Waals surface area (Å²) in [7, 11) is 0. The van der Waals surface area contributed by atoms with E-state index in [1.807, 2.05) is 19.9 Å². The summed E-state index contributed by atoms with van der Waals surface area (Å²) in [6, 6.07) is 4.78. The van der Waals surface area contributed by atoms with Gasteiger partial charge in [0.25, 0.3) is 5.91 Å². The molecular weight excluding hydrogens is 319 g/mol. The highest BCUT2D eigenvalue weighted by Crippen LogP contribution is 2.38. The van der Waals surface area contributed by atoms with E-state index < -0.39 is 0 Å². The fourth-order valence-electron chi connectivity index (χ4n) is 3.38. The van der Waals surface area contributed by atoms with Gasteiger partial charge in [0.2, 0.25) is 0 Å². The molecule has 0 spiro atoms. The van der Waals surface area contributed by atoms with E-state index in [1.54, 1.807) is 23.4 Å². The van der Waals surface area contributed by atoms with Gasteiger partial charge in [-0.05, 0) is 37.6 Å². The predicted octanol–water partition coefficient (Wildman–Crippen LogP) is 3.30. The highest BCUT2D eigenvalue weighted by molar-refractivity contribution is 6.11. The Labute approximate surface area is 144 Å². The van der Waals surface area contributed by atoms with E-state index in [1.165, 1.54) is 6.07 Å². The molecule has 3 heterocycles. The molecule has 2 N–H and O–H groups in total. The minimum atomic E-state index is -0.382. The number of carbonyl (C=O) groups excluding carboxylic acids is 1. The van der Waals surface area contributed by atoms with Gasteiger partial charge in [0.1, 0.15) is 5.82 Å². The minimum Gasteiger partial charge on any atom is -0.397 e. The smallest absolute Gasteiger partial charge is 0.258 e. The zero-order valence-corrected chi connectivity index (χ0v) is 14.0. The van der Waals surface area contributed by atoms with E-state index >= 15 is 0 Å². The Morgan fingerprint density at radius 1 is 1.28 bits per heavy atom. The van der Waals surface area contributed by atoms with Crippen molar-refractivity contribution in [1.82, 2.24) is 14.9 Å². The third-order valence-corrected chi connectivity index (χ3v) is 4.75. The number of nitrogen functional groups attached to an aromatic ring is 1. The van der Waals surface area contributed by atoms with Crippen LogP contribution >= 0.6 is 0 Å². The molecule has 4 rings (SSSR count). The van der Waals surface area contributed by atoms with Gasteiger partial charge >= 0.3 is 0 Å². The molecule has 126 valence electrons. The predicted molar refractivity (Wildman–Crippen MR) is 94.5 cm³/mol. The van der Waals surface area contributed by atoms with Crippen molar-refractivity contribution in [3.8, 4) is 11.1 Å². The molecule has 2 aromatic heterocycles. The van der Waals surface area contributed by atoms with E-state index in [-0.39, 0.29) is 11.7 Å². The first kappa shape index (κ1) is 15.5. The van der Waals surface area contributed by atoms with Crippen molar-refractivity contribution in [2.24, 2.45) is 0 Å². The van der Waals surface area contributed by atoms with E-state index in [4.69, 9.17) is 5.73 Å².